The Morgan fingerprint density at radius 1 is 1.23 bits per heavy atom. The molecule has 1 aromatic heterocycles. The zero-order valence-corrected chi connectivity index (χ0v) is 19.3. The number of pyridine rings is 1. The number of hydrogen-bond donors (Lipinski definition) is 1. The van der Waals surface area contributed by atoms with Gasteiger partial charge >= 0.3 is 5.97 Å². The summed E-state index contributed by atoms with van der Waals surface area (Å²) < 4.78 is 6.92. The number of carbonyl (C=O) groups is 1. The van der Waals surface area contributed by atoms with E-state index in [0.717, 1.165) is 45.6 Å². The summed E-state index contributed by atoms with van der Waals surface area (Å²) in [4.78, 5) is 19.4. The second kappa shape index (κ2) is 9.20. The van der Waals surface area contributed by atoms with E-state index < -0.39 is 5.97 Å². The molecule has 6 heteroatoms. The standard InChI is InChI=1S/C25H25BrN2O3/c1-3-11-31-22-10-9-18(26)13-16(22)12-17-14-28(4-2)15-20-23(25(29)30)19-7-5-6-8-21(19)27-24(17)20/h5-10,12-13H,3-4,11,14-15H2,1-2H3,(H,29,30). The van der Waals surface area contributed by atoms with Gasteiger partial charge in [0.25, 0.3) is 0 Å². The Morgan fingerprint density at radius 3 is 2.77 bits per heavy atom. The summed E-state index contributed by atoms with van der Waals surface area (Å²) in [7, 11) is 0. The van der Waals surface area contributed by atoms with Crippen molar-refractivity contribution in [1.82, 2.24) is 9.88 Å². The van der Waals surface area contributed by atoms with Gasteiger partial charge in [-0.25, -0.2) is 9.78 Å². The highest BCUT2D eigenvalue weighted by Crippen LogP contribution is 2.35. The lowest BCUT2D eigenvalue weighted by Crippen LogP contribution is -2.31. The summed E-state index contributed by atoms with van der Waals surface area (Å²) in [5.74, 6) is -0.103. The van der Waals surface area contributed by atoms with Gasteiger partial charge in [0, 0.05) is 34.1 Å². The van der Waals surface area contributed by atoms with Crippen LogP contribution < -0.4 is 4.74 Å². The average molecular weight is 481 g/mol. The molecule has 0 fully saturated rings. The molecule has 0 radical (unpaired) electrons. The topological polar surface area (TPSA) is 62.7 Å². The number of likely N-dealkylation sites (N-methyl/N-ethyl adjacent to an activating group) is 1. The van der Waals surface area contributed by atoms with Crippen molar-refractivity contribution in [1.29, 1.82) is 0 Å². The molecule has 3 aromatic rings. The van der Waals surface area contributed by atoms with Crippen molar-refractivity contribution in [2.24, 2.45) is 0 Å². The van der Waals surface area contributed by atoms with Gasteiger partial charge < -0.3 is 9.84 Å². The Balaban J connectivity index is 1.94. The van der Waals surface area contributed by atoms with Gasteiger partial charge in [0.1, 0.15) is 5.75 Å². The van der Waals surface area contributed by atoms with Crippen molar-refractivity contribution in [3.63, 3.8) is 0 Å². The third kappa shape index (κ3) is 4.36. The number of rotatable bonds is 6. The first-order valence-electron chi connectivity index (χ1n) is 10.5. The molecule has 0 amide bonds. The van der Waals surface area contributed by atoms with E-state index in [4.69, 9.17) is 9.72 Å². The highest BCUT2D eigenvalue weighted by Gasteiger charge is 2.28. The van der Waals surface area contributed by atoms with Gasteiger partial charge in [-0.05, 0) is 48.9 Å². The lowest BCUT2D eigenvalue weighted by molar-refractivity contribution is 0.0696. The maximum Gasteiger partial charge on any atom is 0.336 e. The average Bonchev–Trinajstić information content (AvgIpc) is 2.76. The highest BCUT2D eigenvalue weighted by molar-refractivity contribution is 9.10. The summed E-state index contributed by atoms with van der Waals surface area (Å²) in [6.07, 6.45) is 3.01. The fraction of sp³-hybridized carbons (Fsp3) is 0.280. The van der Waals surface area contributed by atoms with Crippen molar-refractivity contribution in [3.05, 3.63) is 69.3 Å². The molecular weight excluding hydrogens is 456 g/mol. The number of para-hydroxylation sites is 1. The van der Waals surface area contributed by atoms with Gasteiger partial charge in [-0.15, -0.1) is 0 Å². The Hall–Kier alpha value is -2.70. The largest absolute Gasteiger partial charge is 0.493 e. The molecule has 0 aliphatic carbocycles. The second-order valence-electron chi connectivity index (χ2n) is 7.64. The van der Waals surface area contributed by atoms with E-state index in [-0.39, 0.29) is 0 Å². The smallest absolute Gasteiger partial charge is 0.336 e. The van der Waals surface area contributed by atoms with Crippen LogP contribution in [-0.2, 0) is 6.54 Å². The van der Waals surface area contributed by atoms with Crippen LogP contribution in [0.4, 0.5) is 0 Å². The normalized spacial score (nSPS) is 15.3. The maximum atomic E-state index is 12.3. The molecule has 0 saturated carbocycles. The van der Waals surface area contributed by atoms with Crippen LogP contribution in [0.5, 0.6) is 5.75 Å². The predicted molar refractivity (Wildman–Crippen MR) is 127 cm³/mol. The Kier molecular flexibility index (Phi) is 6.39. The lowest BCUT2D eigenvalue weighted by atomic mass is 9.92. The Morgan fingerprint density at radius 2 is 2.03 bits per heavy atom. The van der Waals surface area contributed by atoms with E-state index in [1.165, 1.54) is 0 Å². The second-order valence-corrected chi connectivity index (χ2v) is 8.56. The molecule has 160 valence electrons. The number of halogens is 1. The minimum absolute atomic E-state index is 0.348. The van der Waals surface area contributed by atoms with E-state index in [1.807, 2.05) is 42.5 Å². The van der Waals surface area contributed by atoms with E-state index in [9.17, 15) is 9.90 Å². The lowest BCUT2D eigenvalue weighted by Gasteiger charge is -2.30. The molecule has 2 aromatic carbocycles. The summed E-state index contributed by atoms with van der Waals surface area (Å²) in [5.41, 5.74) is 4.54. The first-order valence-corrected chi connectivity index (χ1v) is 11.3. The van der Waals surface area contributed by atoms with Crippen LogP contribution in [0.3, 0.4) is 0 Å². The minimum Gasteiger partial charge on any atom is -0.493 e. The molecular formula is C25H25BrN2O3. The predicted octanol–water partition coefficient (Wildman–Crippen LogP) is 5.86. The van der Waals surface area contributed by atoms with Crippen LogP contribution in [-0.4, -0.2) is 40.7 Å². The van der Waals surface area contributed by atoms with Gasteiger partial charge in [-0.1, -0.05) is 48.0 Å². The van der Waals surface area contributed by atoms with Crippen molar-refractivity contribution >= 4 is 44.5 Å². The monoisotopic (exact) mass is 480 g/mol. The summed E-state index contributed by atoms with van der Waals surface area (Å²) in [5, 5.41) is 10.7. The number of fused-ring (bicyclic) bond motifs is 2. The molecule has 1 aliphatic rings. The number of hydrogen-bond acceptors (Lipinski definition) is 4. The zero-order valence-electron chi connectivity index (χ0n) is 17.7. The van der Waals surface area contributed by atoms with Crippen LogP contribution >= 0.6 is 15.9 Å². The number of benzene rings is 2. The molecule has 0 spiro atoms. The number of aromatic nitrogens is 1. The molecule has 0 saturated heterocycles. The Bertz CT molecular complexity index is 1170. The number of carboxylic acid groups (broad SMARTS) is 1. The van der Waals surface area contributed by atoms with Crippen LogP contribution in [0.1, 0.15) is 47.4 Å². The summed E-state index contributed by atoms with van der Waals surface area (Å²) in [6.45, 7) is 6.90. The molecule has 1 aliphatic heterocycles. The van der Waals surface area contributed by atoms with Gasteiger partial charge in [0.05, 0.1) is 23.4 Å². The zero-order chi connectivity index (χ0) is 22.0. The van der Waals surface area contributed by atoms with Crippen molar-refractivity contribution in [2.45, 2.75) is 26.8 Å². The van der Waals surface area contributed by atoms with E-state index in [2.05, 4.69) is 40.8 Å². The minimum atomic E-state index is -0.915. The number of nitrogens with zero attached hydrogens (tertiary/aromatic N) is 2. The molecule has 4 rings (SSSR count). The van der Waals surface area contributed by atoms with E-state index >= 15 is 0 Å². The van der Waals surface area contributed by atoms with E-state index in [0.29, 0.717) is 36.2 Å². The Labute approximate surface area is 190 Å². The van der Waals surface area contributed by atoms with Crippen LogP contribution in [0, 0.1) is 0 Å². The number of aromatic carboxylic acids is 1. The summed E-state index contributed by atoms with van der Waals surface area (Å²) in [6, 6.07) is 13.4. The third-order valence-electron chi connectivity index (χ3n) is 5.50. The van der Waals surface area contributed by atoms with Crippen LogP contribution in [0.2, 0.25) is 0 Å². The first kappa shape index (κ1) is 21.5. The first-order chi connectivity index (χ1) is 15.0. The highest BCUT2D eigenvalue weighted by atomic mass is 79.9. The molecule has 1 N–H and O–H groups in total. The van der Waals surface area contributed by atoms with Crippen molar-refractivity contribution in [2.75, 3.05) is 19.7 Å². The van der Waals surface area contributed by atoms with Crippen LogP contribution in [0.15, 0.2) is 46.9 Å². The van der Waals surface area contributed by atoms with Crippen molar-refractivity contribution in [3.8, 4) is 5.75 Å². The molecule has 2 heterocycles. The van der Waals surface area contributed by atoms with E-state index in [1.54, 1.807) is 0 Å². The number of carboxylic acids is 1. The van der Waals surface area contributed by atoms with Gasteiger partial charge in [-0.2, -0.15) is 0 Å². The molecule has 5 nitrogen and oxygen atoms in total. The fourth-order valence-electron chi connectivity index (χ4n) is 4.01. The SMILES string of the molecule is CCCOc1ccc(Br)cc1C=C1CN(CC)Cc2c1nc1ccccc1c2C(=O)O. The third-order valence-corrected chi connectivity index (χ3v) is 5.99. The van der Waals surface area contributed by atoms with Gasteiger partial charge in [0.2, 0.25) is 0 Å². The quantitative estimate of drug-likeness (QED) is 0.478. The molecule has 31 heavy (non-hydrogen) atoms. The fourth-order valence-corrected chi connectivity index (χ4v) is 4.39. The molecule has 0 atom stereocenters. The maximum absolute atomic E-state index is 12.3. The van der Waals surface area contributed by atoms with Gasteiger partial charge in [-0.3, -0.25) is 4.90 Å². The molecule has 0 bridgehead atoms. The molecule has 0 unspecified atom stereocenters. The van der Waals surface area contributed by atoms with Crippen LogP contribution in [0.25, 0.3) is 22.6 Å². The summed E-state index contributed by atoms with van der Waals surface area (Å²) >= 11 is 3.56. The number of ether oxygens (including phenoxy) is 1. The van der Waals surface area contributed by atoms with Crippen molar-refractivity contribution < 1.29 is 14.6 Å². The van der Waals surface area contributed by atoms with Gasteiger partial charge in [0.15, 0.2) is 0 Å².